The van der Waals surface area contributed by atoms with E-state index in [9.17, 15) is 14.7 Å². The minimum Gasteiger partial charge on any atom is -0.493 e. The van der Waals surface area contributed by atoms with Crippen LogP contribution in [0.1, 0.15) is 78.7 Å². The van der Waals surface area contributed by atoms with E-state index < -0.39 is 17.9 Å². The van der Waals surface area contributed by atoms with Crippen LogP contribution in [0.4, 0.5) is 0 Å². The van der Waals surface area contributed by atoms with Gasteiger partial charge in [0.25, 0.3) is 5.91 Å². The molecule has 4 rings (SSSR count). The number of rotatable bonds is 12. The SMILES string of the molecule is CCCC.CNCCC(NC(=O)c1ccc(COC(C)c2ccc3c(c2)OCC3)cc1-c1ccccc1C)C(=O)O. The Morgan fingerprint density at radius 3 is 2.46 bits per heavy atom. The molecule has 2 atom stereocenters. The number of amides is 1. The highest BCUT2D eigenvalue weighted by Gasteiger charge is 2.23. The van der Waals surface area contributed by atoms with Gasteiger partial charge < -0.3 is 25.2 Å². The molecule has 220 valence electrons. The summed E-state index contributed by atoms with van der Waals surface area (Å²) >= 11 is 0. The predicted octanol–water partition coefficient (Wildman–Crippen LogP) is 6.47. The summed E-state index contributed by atoms with van der Waals surface area (Å²) in [5, 5.41) is 15.2. The van der Waals surface area contributed by atoms with E-state index in [2.05, 4.69) is 36.6 Å². The number of fused-ring (bicyclic) bond motifs is 1. The van der Waals surface area contributed by atoms with Crippen LogP contribution in [-0.2, 0) is 22.6 Å². The number of carbonyl (C=O) groups excluding carboxylic acids is 1. The summed E-state index contributed by atoms with van der Waals surface area (Å²) in [4.78, 5) is 24.9. The number of carboxylic acid groups (broad SMARTS) is 1. The van der Waals surface area contributed by atoms with Gasteiger partial charge in [-0.3, -0.25) is 4.79 Å². The Morgan fingerprint density at radius 1 is 1.02 bits per heavy atom. The van der Waals surface area contributed by atoms with Crippen LogP contribution in [0.15, 0.2) is 60.7 Å². The van der Waals surface area contributed by atoms with Crippen molar-refractivity contribution >= 4 is 11.9 Å². The van der Waals surface area contributed by atoms with Crippen LogP contribution in [0.5, 0.6) is 5.75 Å². The first-order valence-corrected chi connectivity index (χ1v) is 14.5. The molecule has 3 aromatic carbocycles. The average Bonchev–Trinajstić information content (AvgIpc) is 3.46. The second-order valence-electron chi connectivity index (χ2n) is 10.4. The lowest BCUT2D eigenvalue weighted by Crippen LogP contribution is -2.42. The predicted molar refractivity (Wildman–Crippen MR) is 163 cm³/mol. The number of carboxylic acids is 1. The number of hydrogen-bond donors (Lipinski definition) is 3. The van der Waals surface area contributed by atoms with Crippen molar-refractivity contribution in [2.24, 2.45) is 0 Å². The zero-order valence-electron chi connectivity index (χ0n) is 25.0. The van der Waals surface area contributed by atoms with E-state index in [1.807, 2.05) is 56.3 Å². The molecule has 7 heteroatoms. The fourth-order valence-electron chi connectivity index (χ4n) is 4.51. The first-order chi connectivity index (χ1) is 19.8. The molecule has 1 heterocycles. The number of nitrogens with one attached hydrogen (secondary N) is 2. The lowest BCUT2D eigenvalue weighted by atomic mass is 9.93. The minimum atomic E-state index is -1.06. The third-order valence-corrected chi connectivity index (χ3v) is 7.24. The van der Waals surface area contributed by atoms with Gasteiger partial charge in [-0.15, -0.1) is 0 Å². The quantitative estimate of drug-likeness (QED) is 0.235. The molecule has 41 heavy (non-hydrogen) atoms. The van der Waals surface area contributed by atoms with Gasteiger partial charge in [0, 0.05) is 12.0 Å². The van der Waals surface area contributed by atoms with Gasteiger partial charge in [0.05, 0.1) is 19.3 Å². The standard InChI is InChI=1S/C30H34N2O5.C4H10/c1-19-6-4-5-7-24(19)26-16-21(8-11-25(26)29(33)32-27(30(34)35)12-14-31-3)18-37-20(2)23-10-9-22-13-15-36-28(22)17-23;1-3-4-2/h4-11,16-17,20,27,31H,12-15,18H2,1-3H3,(H,32,33)(H,34,35);3-4H2,1-2H3. The molecule has 0 aromatic heterocycles. The molecule has 3 N–H and O–H groups in total. The maximum absolute atomic E-state index is 13.2. The average molecular weight is 561 g/mol. The summed E-state index contributed by atoms with van der Waals surface area (Å²) in [5.74, 6) is -0.544. The minimum absolute atomic E-state index is 0.136. The molecule has 0 saturated heterocycles. The fourth-order valence-corrected chi connectivity index (χ4v) is 4.51. The van der Waals surface area contributed by atoms with E-state index in [0.717, 1.165) is 46.6 Å². The highest BCUT2D eigenvalue weighted by Crippen LogP contribution is 2.31. The molecule has 1 aliphatic rings. The van der Waals surface area contributed by atoms with Crippen LogP contribution < -0.4 is 15.4 Å². The van der Waals surface area contributed by atoms with Crippen LogP contribution in [0.25, 0.3) is 11.1 Å². The molecule has 1 amide bonds. The molecule has 0 radical (unpaired) electrons. The van der Waals surface area contributed by atoms with E-state index in [-0.39, 0.29) is 12.5 Å². The first-order valence-electron chi connectivity index (χ1n) is 14.5. The largest absolute Gasteiger partial charge is 0.493 e. The van der Waals surface area contributed by atoms with Gasteiger partial charge in [-0.25, -0.2) is 4.79 Å². The van der Waals surface area contributed by atoms with Gasteiger partial charge in [-0.2, -0.15) is 0 Å². The van der Waals surface area contributed by atoms with Crippen LogP contribution in [0, 0.1) is 6.92 Å². The number of hydrogen-bond acceptors (Lipinski definition) is 5. The van der Waals surface area contributed by atoms with Crippen LogP contribution in [0.3, 0.4) is 0 Å². The molecule has 7 nitrogen and oxygen atoms in total. The van der Waals surface area contributed by atoms with Crippen molar-refractivity contribution < 1.29 is 24.2 Å². The smallest absolute Gasteiger partial charge is 0.326 e. The molecule has 2 unspecified atom stereocenters. The fraction of sp³-hybridized carbons (Fsp3) is 0.412. The lowest BCUT2D eigenvalue weighted by molar-refractivity contribution is -0.139. The molecule has 0 spiro atoms. The highest BCUT2D eigenvalue weighted by atomic mass is 16.5. The summed E-state index contributed by atoms with van der Waals surface area (Å²) in [6, 6.07) is 18.7. The summed E-state index contributed by atoms with van der Waals surface area (Å²) in [5.41, 5.74) is 6.31. The van der Waals surface area contributed by atoms with Gasteiger partial charge in [-0.05, 0) is 85.4 Å². The van der Waals surface area contributed by atoms with Gasteiger partial charge in [0.2, 0.25) is 0 Å². The third-order valence-electron chi connectivity index (χ3n) is 7.24. The number of aliphatic carboxylic acids is 1. The van der Waals surface area contributed by atoms with Crippen LogP contribution in [-0.4, -0.2) is 43.2 Å². The monoisotopic (exact) mass is 560 g/mol. The van der Waals surface area contributed by atoms with E-state index in [0.29, 0.717) is 18.7 Å². The van der Waals surface area contributed by atoms with Crippen molar-refractivity contribution in [3.63, 3.8) is 0 Å². The van der Waals surface area contributed by atoms with Crippen molar-refractivity contribution in [2.45, 2.75) is 72.1 Å². The summed E-state index contributed by atoms with van der Waals surface area (Å²) in [6.07, 6.45) is 3.73. The molecule has 0 bridgehead atoms. The summed E-state index contributed by atoms with van der Waals surface area (Å²) in [7, 11) is 1.75. The topological polar surface area (TPSA) is 96.9 Å². The molecule has 0 aliphatic carbocycles. The molecule has 3 aromatic rings. The summed E-state index contributed by atoms with van der Waals surface area (Å²) in [6.45, 7) is 9.92. The van der Waals surface area contributed by atoms with Crippen molar-refractivity contribution in [3.05, 3.63) is 88.5 Å². The number of ether oxygens (including phenoxy) is 2. The second-order valence-corrected chi connectivity index (χ2v) is 10.4. The van der Waals surface area contributed by atoms with E-state index >= 15 is 0 Å². The van der Waals surface area contributed by atoms with Crippen molar-refractivity contribution in [3.8, 4) is 16.9 Å². The number of aryl methyl sites for hydroxylation is 1. The van der Waals surface area contributed by atoms with E-state index in [1.165, 1.54) is 18.4 Å². The Labute approximate surface area is 244 Å². The zero-order valence-corrected chi connectivity index (χ0v) is 25.0. The Kier molecular flexibility index (Phi) is 12.4. The van der Waals surface area contributed by atoms with E-state index in [1.54, 1.807) is 13.1 Å². The Hall–Kier alpha value is -3.68. The van der Waals surface area contributed by atoms with Crippen LogP contribution in [0.2, 0.25) is 0 Å². The molecule has 0 fully saturated rings. The zero-order chi connectivity index (χ0) is 29.8. The highest BCUT2D eigenvalue weighted by molar-refractivity contribution is 6.02. The maximum atomic E-state index is 13.2. The first kappa shape index (κ1) is 31.8. The van der Waals surface area contributed by atoms with Crippen molar-refractivity contribution in [1.29, 1.82) is 0 Å². The van der Waals surface area contributed by atoms with Crippen LogP contribution >= 0.6 is 0 Å². The summed E-state index contributed by atoms with van der Waals surface area (Å²) < 4.78 is 11.9. The van der Waals surface area contributed by atoms with E-state index in [4.69, 9.17) is 9.47 Å². The molecule has 1 aliphatic heterocycles. The second kappa shape index (κ2) is 15.9. The lowest BCUT2D eigenvalue weighted by Gasteiger charge is -2.19. The van der Waals surface area contributed by atoms with Gasteiger partial charge in [-0.1, -0.05) is 69.2 Å². The van der Waals surface area contributed by atoms with Crippen molar-refractivity contribution in [2.75, 3.05) is 20.2 Å². The Morgan fingerprint density at radius 2 is 1.78 bits per heavy atom. The maximum Gasteiger partial charge on any atom is 0.326 e. The number of carbonyl (C=O) groups is 2. The number of benzene rings is 3. The number of unbranched alkanes of at least 4 members (excludes halogenated alkanes) is 1. The van der Waals surface area contributed by atoms with Gasteiger partial charge in [0.1, 0.15) is 11.8 Å². The molecular weight excluding hydrogens is 516 g/mol. The molecule has 0 saturated carbocycles. The third kappa shape index (κ3) is 8.90. The van der Waals surface area contributed by atoms with Gasteiger partial charge in [0.15, 0.2) is 0 Å². The molecular formula is C34H44N2O5. The Balaban J connectivity index is 0.00000108. The Bertz CT molecular complexity index is 1300. The van der Waals surface area contributed by atoms with Gasteiger partial charge >= 0.3 is 5.97 Å². The van der Waals surface area contributed by atoms with Crippen molar-refractivity contribution in [1.82, 2.24) is 10.6 Å². The normalized spacial score (nSPS) is 13.3.